The van der Waals surface area contributed by atoms with Gasteiger partial charge in [0.25, 0.3) is 5.91 Å². The first-order chi connectivity index (χ1) is 14.1. The number of aromatic hydroxyl groups is 1. The van der Waals surface area contributed by atoms with Crippen LogP contribution in [-0.2, 0) is 4.79 Å². The summed E-state index contributed by atoms with van der Waals surface area (Å²) in [6.45, 7) is 0. The number of hydrogen-bond donors (Lipinski definition) is 1. The SMILES string of the molecule is O=C1/C(=C\c2cccs2)N=C(c2sc3ccccc3c2Cl)N1c1ccc(O)cc1. The van der Waals surface area contributed by atoms with Crippen LogP contribution in [0.1, 0.15) is 9.75 Å². The number of fused-ring (bicyclic) bond motifs is 1. The van der Waals surface area contributed by atoms with Gasteiger partial charge in [-0.1, -0.05) is 35.9 Å². The van der Waals surface area contributed by atoms with E-state index in [-0.39, 0.29) is 11.7 Å². The summed E-state index contributed by atoms with van der Waals surface area (Å²) in [5, 5.41) is 13.1. The Labute approximate surface area is 179 Å². The molecule has 29 heavy (non-hydrogen) atoms. The van der Waals surface area contributed by atoms with Gasteiger partial charge in [-0.3, -0.25) is 9.69 Å². The fourth-order valence-electron chi connectivity index (χ4n) is 3.18. The van der Waals surface area contributed by atoms with Crippen LogP contribution in [0.4, 0.5) is 5.69 Å². The van der Waals surface area contributed by atoms with E-state index in [0.717, 1.165) is 19.8 Å². The van der Waals surface area contributed by atoms with Gasteiger partial charge in [0.2, 0.25) is 0 Å². The summed E-state index contributed by atoms with van der Waals surface area (Å²) < 4.78 is 1.03. The van der Waals surface area contributed by atoms with Crippen molar-refractivity contribution in [3.05, 3.63) is 86.5 Å². The lowest BCUT2D eigenvalue weighted by molar-refractivity contribution is -0.113. The summed E-state index contributed by atoms with van der Waals surface area (Å²) in [6, 6.07) is 18.2. The number of carbonyl (C=O) groups excluding carboxylic acids is 1. The molecule has 2 aromatic heterocycles. The Kier molecular flexibility index (Phi) is 4.47. The molecule has 0 saturated heterocycles. The van der Waals surface area contributed by atoms with Crippen LogP contribution in [0, 0.1) is 0 Å². The van der Waals surface area contributed by atoms with Gasteiger partial charge >= 0.3 is 0 Å². The van der Waals surface area contributed by atoms with Crippen LogP contribution in [0.5, 0.6) is 5.75 Å². The van der Waals surface area contributed by atoms with Crippen molar-refractivity contribution in [3.8, 4) is 5.75 Å². The number of nitrogens with zero attached hydrogens (tertiary/aromatic N) is 2. The van der Waals surface area contributed by atoms with E-state index >= 15 is 0 Å². The monoisotopic (exact) mass is 436 g/mol. The highest BCUT2D eigenvalue weighted by Crippen LogP contribution is 2.39. The van der Waals surface area contributed by atoms with Crippen LogP contribution in [0.25, 0.3) is 16.2 Å². The number of hydrogen-bond acceptors (Lipinski definition) is 5. The number of carbonyl (C=O) groups is 1. The lowest BCUT2D eigenvalue weighted by Crippen LogP contribution is -2.32. The average Bonchev–Trinajstić information content (AvgIpc) is 3.43. The maximum atomic E-state index is 13.3. The van der Waals surface area contributed by atoms with E-state index in [2.05, 4.69) is 4.99 Å². The van der Waals surface area contributed by atoms with Crippen molar-refractivity contribution in [1.82, 2.24) is 0 Å². The van der Waals surface area contributed by atoms with Crippen molar-refractivity contribution in [1.29, 1.82) is 0 Å². The second-order valence-electron chi connectivity index (χ2n) is 6.38. The Hall–Kier alpha value is -2.93. The second-order valence-corrected chi connectivity index (χ2v) is 8.79. The number of aliphatic imine (C=N–C) groups is 1. The molecule has 1 aliphatic rings. The van der Waals surface area contributed by atoms with Crippen molar-refractivity contribution in [2.45, 2.75) is 0 Å². The standard InChI is InChI=1S/C22H13ClN2O2S2/c23-19-16-5-1-2-6-18(16)29-20(19)21-24-17(12-15-4-3-11-28-15)22(27)25(21)13-7-9-14(26)10-8-13/h1-12,26H/b17-12+. The Morgan fingerprint density at radius 1 is 1.03 bits per heavy atom. The Morgan fingerprint density at radius 2 is 1.83 bits per heavy atom. The van der Waals surface area contributed by atoms with E-state index in [4.69, 9.17) is 11.6 Å². The van der Waals surface area contributed by atoms with Gasteiger partial charge < -0.3 is 5.11 Å². The molecular formula is C22H13ClN2O2S2. The second kappa shape index (κ2) is 7.15. The number of anilines is 1. The molecule has 0 fully saturated rings. The van der Waals surface area contributed by atoms with E-state index in [1.807, 2.05) is 41.8 Å². The minimum atomic E-state index is -0.229. The summed E-state index contributed by atoms with van der Waals surface area (Å²) in [5.74, 6) is 0.399. The first-order valence-corrected chi connectivity index (χ1v) is 10.8. The van der Waals surface area contributed by atoms with Crippen LogP contribution < -0.4 is 4.90 Å². The number of benzene rings is 2. The number of amides is 1. The van der Waals surface area contributed by atoms with E-state index < -0.39 is 0 Å². The van der Waals surface area contributed by atoms with Crippen LogP contribution >= 0.6 is 34.3 Å². The summed E-state index contributed by atoms with van der Waals surface area (Å²) in [5.41, 5.74) is 0.971. The van der Waals surface area contributed by atoms with Crippen molar-refractivity contribution < 1.29 is 9.90 Å². The number of phenolic OH excluding ortho intramolecular Hbond substituents is 1. The molecule has 2 aromatic carbocycles. The molecule has 4 aromatic rings. The summed E-state index contributed by atoms with van der Waals surface area (Å²) in [4.78, 5) is 21.2. The third kappa shape index (κ3) is 3.15. The van der Waals surface area contributed by atoms with Gasteiger partial charge in [0.15, 0.2) is 5.84 Å². The van der Waals surface area contributed by atoms with Crippen LogP contribution in [0.15, 0.2) is 76.7 Å². The van der Waals surface area contributed by atoms with Crippen LogP contribution in [-0.4, -0.2) is 16.8 Å². The quantitative estimate of drug-likeness (QED) is 0.391. The zero-order valence-electron chi connectivity index (χ0n) is 14.9. The summed E-state index contributed by atoms with van der Waals surface area (Å²) in [6.07, 6.45) is 1.79. The number of amidine groups is 1. The topological polar surface area (TPSA) is 52.9 Å². The van der Waals surface area contributed by atoms with Gasteiger partial charge in [-0.05, 0) is 47.9 Å². The highest BCUT2D eigenvalue weighted by atomic mass is 35.5. The minimum Gasteiger partial charge on any atom is -0.508 e. The third-order valence-electron chi connectivity index (χ3n) is 4.53. The molecule has 7 heteroatoms. The van der Waals surface area contributed by atoms with Crippen molar-refractivity contribution in [2.24, 2.45) is 4.99 Å². The molecule has 1 amide bonds. The van der Waals surface area contributed by atoms with Gasteiger partial charge in [-0.25, -0.2) is 4.99 Å². The number of rotatable bonds is 3. The zero-order valence-corrected chi connectivity index (χ0v) is 17.3. The number of phenols is 1. The first kappa shape index (κ1) is 18.1. The molecule has 142 valence electrons. The normalized spacial score (nSPS) is 15.5. The smallest absolute Gasteiger partial charge is 0.282 e. The fraction of sp³-hybridized carbons (Fsp3) is 0. The molecule has 0 atom stereocenters. The highest BCUT2D eigenvalue weighted by molar-refractivity contribution is 7.22. The highest BCUT2D eigenvalue weighted by Gasteiger charge is 2.35. The minimum absolute atomic E-state index is 0.133. The van der Waals surface area contributed by atoms with Gasteiger partial charge in [0.1, 0.15) is 11.4 Å². The molecule has 3 heterocycles. The molecule has 0 aliphatic carbocycles. The van der Waals surface area contributed by atoms with E-state index in [1.54, 1.807) is 46.6 Å². The Morgan fingerprint density at radius 3 is 2.55 bits per heavy atom. The molecule has 0 bridgehead atoms. The van der Waals surface area contributed by atoms with Gasteiger partial charge in [-0.2, -0.15) is 0 Å². The lowest BCUT2D eigenvalue weighted by atomic mass is 10.2. The molecule has 0 saturated carbocycles. The van der Waals surface area contributed by atoms with E-state index in [9.17, 15) is 9.90 Å². The first-order valence-electron chi connectivity index (χ1n) is 8.76. The summed E-state index contributed by atoms with van der Waals surface area (Å²) >= 11 is 9.73. The molecule has 1 N–H and O–H groups in total. The van der Waals surface area contributed by atoms with Gasteiger partial charge in [-0.15, -0.1) is 22.7 Å². The van der Waals surface area contributed by atoms with Gasteiger partial charge in [0.05, 0.1) is 15.6 Å². The molecule has 0 spiro atoms. The van der Waals surface area contributed by atoms with E-state index in [1.165, 1.54) is 11.3 Å². The maximum absolute atomic E-state index is 13.3. The predicted molar refractivity (Wildman–Crippen MR) is 121 cm³/mol. The third-order valence-corrected chi connectivity index (χ3v) is 7.02. The predicted octanol–water partition coefficient (Wildman–Crippen LogP) is 6.16. The number of halogens is 1. The van der Waals surface area contributed by atoms with E-state index in [0.29, 0.717) is 22.2 Å². The van der Waals surface area contributed by atoms with Crippen molar-refractivity contribution in [2.75, 3.05) is 4.90 Å². The van der Waals surface area contributed by atoms with Crippen LogP contribution in [0.3, 0.4) is 0 Å². The lowest BCUT2D eigenvalue weighted by Gasteiger charge is -2.18. The molecule has 1 aliphatic heterocycles. The molecule has 4 nitrogen and oxygen atoms in total. The average molecular weight is 437 g/mol. The van der Waals surface area contributed by atoms with Crippen molar-refractivity contribution in [3.63, 3.8) is 0 Å². The number of thiophene rings is 2. The molecule has 5 rings (SSSR count). The molecule has 0 unspecified atom stereocenters. The summed E-state index contributed by atoms with van der Waals surface area (Å²) in [7, 11) is 0. The van der Waals surface area contributed by atoms with Gasteiger partial charge in [0, 0.05) is 15.0 Å². The Balaban J connectivity index is 1.70. The molecule has 0 radical (unpaired) electrons. The Bertz CT molecular complexity index is 1290. The van der Waals surface area contributed by atoms with Crippen molar-refractivity contribution >= 4 is 67.9 Å². The maximum Gasteiger partial charge on any atom is 0.282 e. The molecular weight excluding hydrogens is 424 g/mol. The largest absolute Gasteiger partial charge is 0.508 e. The fourth-order valence-corrected chi connectivity index (χ4v) is 5.32. The van der Waals surface area contributed by atoms with Crippen LogP contribution in [0.2, 0.25) is 5.02 Å². The zero-order chi connectivity index (χ0) is 20.0.